The molecule has 0 aliphatic carbocycles. The lowest BCUT2D eigenvalue weighted by atomic mass is 10.1. The number of rotatable bonds is 4. The molecule has 162 valence electrons. The number of hydrogen-bond acceptors (Lipinski definition) is 7. The standard InChI is InChI=1S/C21H23FN6O3/c1-12(2)30-20(29)26-14-8-23-18-27-17(10-28(18)9-14)15-7-13(5-6-16(15)22)25-19-24-11-21(3,4)31-19/h5-10,12H,11H2,1-4H3,(H,24,25)(H,26,29). The average molecular weight is 426 g/mol. The second-order valence-electron chi connectivity index (χ2n) is 8.06. The van der Waals surface area contributed by atoms with Gasteiger partial charge in [-0.1, -0.05) is 0 Å². The van der Waals surface area contributed by atoms with Crippen molar-refractivity contribution in [3.8, 4) is 11.3 Å². The van der Waals surface area contributed by atoms with Crippen LogP contribution in [0.3, 0.4) is 0 Å². The van der Waals surface area contributed by atoms with E-state index in [-0.39, 0.29) is 11.7 Å². The maximum absolute atomic E-state index is 14.6. The first-order valence-corrected chi connectivity index (χ1v) is 9.81. The van der Waals surface area contributed by atoms with Gasteiger partial charge in [-0.2, -0.15) is 0 Å². The number of carbonyl (C=O) groups is 1. The Hall–Kier alpha value is -3.69. The van der Waals surface area contributed by atoms with Gasteiger partial charge in [0.15, 0.2) is 0 Å². The van der Waals surface area contributed by atoms with E-state index in [1.165, 1.54) is 12.3 Å². The molecule has 9 nitrogen and oxygen atoms in total. The summed E-state index contributed by atoms with van der Waals surface area (Å²) < 4.78 is 26.9. The van der Waals surface area contributed by atoms with Crippen LogP contribution in [-0.4, -0.2) is 44.7 Å². The number of halogens is 1. The number of benzene rings is 1. The number of nitrogens with zero attached hydrogens (tertiary/aromatic N) is 4. The van der Waals surface area contributed by atoms with Crippen LogP contribution >= 0.6 is 0 Å². The van der Waals surface area contributed by atoms with E-state index in [1.807, 2.05) is 13.8 Å². The summed E-state index contributed by atoms with van der Waals surface area (Å²) in [5.74, 6) is -0.0665. The Morgan fingerprint density at radius 3 is 2.81 bits per heavy atom. The fourth-order valence-corrected chi connectivity index (χ4v) is 3.02. The minimum absolute atomic E-state index is 0.243. The quantitative estimate of drug-likeness (QED) is 0.652. The van der Waals surface area contributed by atoms with Crippen LogP contribution in [-0.2, 0) is 9.47 Å². The molecule has 0 saturated heterocycles. The third kappa shape index (κ3) is 4.73. The van der Waals surface area contributed by atoms with E-state index < -0.39 is 11.9 Å². The molecule has 0 unspecified atom stereocenters. The summed E-state index contributed by atoms with van der Waals surface area (Å²) in [5, 5.41) is 5.66. The van der Waals surface area contributed by atoms with Gasteiger partial charge in [-0.25, -0.2) is 24.1 Å². The van der Waals surface area contributed by atoms with E-state index in [9.17, 15) is 9.18 Å². The number of hydrogen-bond donors (Lipinski definition) is 2. The topological polar surface area (TPSA) is 102 Å². The SMILES string of the molecule is CC(C)OC(=O)Nc1cnc2nc(-c3cc(NC4=NCC(C)(C)O4)ccc3F)cn2c1. The summed E-state index contributed by atoms with van der Waals surface area (Å²) in [6.07, 6.45) is 3.90. The molecule has 1 amide bonds. The highest BCUT2D eigenvalue weighted by atomic mass is 19.1. The van der Waals surface area contributed by atoms with Crippen LogP contribution in [0.4, 0.5) is 20.6 Å². The van der Waals surface area contributed by atoms with Crippen molar-refractivity contribution >= 4 is 29.3 Å². The van der Waals surface area contributed by atoms with E-state index in [0.717, 1.165) is 0 Å². The Morgan fingerprint density at radius 2 is 2.10 bits per heavy atom. The molecule has 3 aromatic rings. The predicted octanol–water partition coefficient (Wildman–Crippen LogP) is 4.07. The third-order valence-electron chi connectivity index (χ3n) is 4.37. The molecular weight excluding hydrogens is 403 g/mol. The second-order valence-corrected chi connectivity index (χ2v) is 8.06. The van der Waals surface area contributed by atoms with Crippen molar-refractivity contribution in [1.29, 1.82) is 0 Å². The van der Waals surface area contributed by atoms with E-state index in [0.29, 0.717) is 41.0 Å². The van der Waals surface area contributed by atoms with E-state index >= 15 is 0 Å². The number of nitrogens with one attached hydrogen (secondary N) is 2. The Labute approximate surface area is 178 Å². The fraction of sp³-hybridized carbons (Fsp3) is 0.333. The Balaban J connectivity index is 1.57. The van der Waals surface area contributed by atoms with Crippen LogP contribution < -0.4 is 10.6 Å². The van der Waals surface area contributed by atoms with Crippen molar-refractivity contribution in [3.63, 3.8) is 0 Å². The van der Waals surface area contributed by atoms with Crippen LogP contribution in [0.2, 0.25) is 0 Å². The zero-order chi connectivity index (χ0) is 22.2. The molecule has 1 aliphatic rings. The smallest absolute Gasteiger partial charge is 0.411 e. The van der Waals surface area contributed by atoms with Gasteiger partial charge in [0.2, 0.25) is 5.78 Å². The highest BCUT2D eigenvalue weighted by molar-refractivity contribution is 5.91. The molecule has 0 saturated carbocycles. The van der Waals surface area contributed by atoms with Gasteiger partial charge in [-0.15, -0.1) is 0 Å². The van der Waals surface area contributed by atoms with Crippen LogP contribution in [0.5, 0.6) is 0 Å². The van der Waals surface area contributed by atoms with Gasteiger partial charge in [0.25, 0.3) is 6.02 Å². The highest BCUT2D eigenvalue weighted by Crippen LogP contribution is 2.27. The fourth-order valence-electron chi connectivity index (χ4n) is 3.02. The monoisotopic (exact) mass is 426 g/mol. The normalized spacial score (nSPS) is 15.0. The van der Waals surface area contributed by atoms with Crippen molar-refractivity contribution in [3.05, 3.63) is 42.6 Å². The largest absolute Gasteiger partial charge is 0.457 e. The summed E-state index contributed by atoms with van der Waals surface area (Å²) in [5.41, 5.74) is 1.37. The molecule has 2 aromatic heterocycles. The predicted molar refractivity (Wildman–Crippen MR) is 115 cm³/mol. The summed E-state index contributed by atoms with van der Waals surface area (Å²) in [4.78, 5) is 24.7. The zero-order valence-corrected chi connectivity index (χ0v) is 17.6. The van der Waals surface area contributed by atoms with Crippen molar-refractivity contribution in [2.24, 2.45) is 4.99 Å². The number of imidazole rings is 1. The molecule has 0 fully saturated rings. The molecule has 0 spiro atoms. The molecule has 1 aliphatic heterocycles. The van der Waals surface area contributed by atoms with E-state index in [1.54, 1.807) is 42.8 Å². The van der Waals surface area contributed by atoms with Crippen LogP contribution in [0.15, 0.2) is 41.8 Å². The maximum Gasteiger partial charge on any atom is 0.411 e. The molecule has 2 N–H and O–H groups in total. The first-order chi connectivity index (χ1) is 14.7. The third-order valence-corrected chi connectivity index (χ3v) is 4.37. The maximum atomic E-state index is 14.6. The lowest BCUT2D eigenvalue weighted by Crippen LogP contribution is -2.26. The number of anilines is 2. The number of carbonyl (C=O) groups excluding carboxylic acids is 1. The molecule has 0 bridgehead atoms. The number of fused-ring (bicyclic) bond motifs is 1. The minimum Gasteiger partial charge on any atom is -0.457 e. The van der Waals surface area contributed by atoms with Crippen LogP contribution in [0, 0.1) is 5.82 Å². The zero-order valence-electron chi connectivity index (χ0n) is 17.6. The Bertz CT molecular complexity index is 1170. The molecule has 31 heavy (non-hydrogen) atoms. The molecule has 3 heterocycles. The first-order valence-electron chi connectivity index (χ1n) is 9.81. The van der Waals surface area contributed by atoms with Gasteiger partial charge in [-0.3, -0.25) is 9.72 Å². The lowest BCUT2D eigenvalue weighted by molar-refractivity contribution is 0.129. The summed E-state index contributed by atoms with van der Waals surface area (Å²) in [7, 11) is 0. The number of amides is 1. The van der Waals surface area contributed by atoms with Gasteiger partial charge < -0.3 is 14.8 Å². The summed E-state index contributed by atoms with van der Waals surface area (Å²) >= 11 is 0. The second kappa shape index (κ2) is 7.86. The number of ether oxygens (including phenoxy) is 2. The first kappa shape index (κ1) is 20.6. The van der Waals surface area contributed by atoms with Crippen molar-refractivity contribution in [2.45, 2.75) is 39.4 Å². The molecule has 1 aromatic carbocycles. The number of aliphatic imine (C=N–C) groups is 1. The van der Waals surface area contributed by atoms with Gasteiger partial charge >= 0.3 is 6.09 Å². The van der Waals surface area contributed by atoms with Crippen molar-refractivity contribution in [1.82, 2.24) is 14.4 Å². The Morgan fingerprint density at radius 1 is 1.29 bits per heavy atom. The lowest BCUT2D eigenvalue weighted by Gasteiger charge is -2.17. The van der Waals surface area contributed by atoms with Crippen LogP contribution in [0.25, 0.3) is 17.0 Å². The number of amidine groups is 1. The van der Waals surface area contributed by atoms with Crippen molar-refractivity contribution in [2.75, 3.05) is 17.2 Å². The van der Waals surface area contributed by atoms with E-state index in [4.69, 9.17) is 9.47 Å². The Kier molecular flexibility index (Phi) is 5.22. The van der Waals surface area contributed by atoms with Crippen LogP contribution in [0.1, 0.15) is 27.7 Å². The van der Waals surface area contributed by atoms with Crippen molar-refractivity contribution < 1.29 is 18.7 Å². The highest BCUT2D eigenvalue weighted by Gasteiger charge is 2.27. The summed E-state index contributed by atoms with van der Waals surface area (Å²) in [6, 6.07) is 4.98. The van der Waals surface area contributed by atoms with Gasteiger partial charge in [0.1, 0.15) is 11.4 Å². The van der Waals surface area contributed by atoms with Gasteiger partial charge in [-0.05, 0) is 45.9 Å². The minimum atomic E-state index is -0.582. The summed E-state index contributed by atoms with van der Waals surface area (Å²) in [6.45, 7) is 7.94. The van der Waals surface area contributed by atoms with E-state index in [2.05, 4.69) is 25.6 Å². The molecular formula is C21H23FN6O3. The van der Waals surface area contributed by atoms with Gasteiger partial charge in [0.05, 0.1) is 30.2 Å². The number of aromatic nitrogens is 3. The molecule has 4 rings (SSSR count). The molecule has 0 radical (unpaired) electrons. The average Bonchev–Trinajstić information content (AvgIpc) is 3.24. The van der Waals surface area contributed by atoms with Gasteiger partial charge in [0, 0.05) is 23.6 Å². The molecule has 0 atom stereocenters. The molecule has 10 heteroatoms.